The summed E-state index contributed by atoms with van der Waals surface area (Å²) < 4.78 is 28.6. The summed E-state index contributed by atoms with van der Waals surface area (Å²) in [6.45, 7) is 7.92. The summed E-state index contributed by atoms with van der Waals surface area (Å²) in [5.74, 6) is -0.476. The highest BCUT2D eigenvalue weighted by atomic mass is 32.2. The molecule has 0 bridgehead atoms. The molecule has 0 aliphatic rings. The average molecular weight is 464 g/mol. The first-order chi connectivity index (χ1) is 15.6. The largest absolute Gasteiger partial charge is 0.273 e. The van der Waals surface area contributed by atoms with Crippen molar-refractivity contribution in [2.45, 2.75) is 39.1 Å². The second-order valence-electron chi connectivity index (χ2n) is 8.72. The number of amides is 1. The lowest BCUT2D eigenvalue weighted by molar-refractivity contribution is 0.0955. The zero-order chi connectivity index (χ0) is 24.1. The van der Waals surface area contributed by atoms with Crippen molar-refractivity contribution in [3.8, 4) is 0 Å². The second kappa shape index (κ2) is 10.0. The van der Waals surface area contributed by atoms with E-state index in [4.69, 9.17) is 0 Å². The third-order valence-corrected chi connectivity index (χ3v) is 7.10. The number of carbonyl (C=O) groups excluding carboxylic acids is 1. The molecule has 0 aliphatic carbocycles. The van der Waals surface area contributed by atoms with E-state index in [9.17, 15) is 13.2 Å². The Morgan fingerprint density at radius 2 is 1.42 bits per heavy atom. The normalized spacial score (nSPS) is 12.3. The summed E-state index contributed by atoms with van der Waals surface area (Å²) in [5.41, 5.74) is 4.44. The first-order valence-electron chi connectivity index (χ1n) is 10.7. The molecule has 1 N–H and O–H groups in total. The lowest BCUT2D eigenvalue weighted by atomic mass is 9.91. The molecule has 172 valence electrons. The molecule has 0 atom stereocenters. The highest BCUT2D eigenvalue weighted by molar-refractivity contribution is 7.92. The monoisotopic (exact) mass is 463 g/mol. The molecule has 33 heavy (non-hydrogen) atoms. The van der Waals surface area contributed by atoms with Crippen LogP contribution in [0.1, 0.15) is 43.6 Å². The number of sulfonamides is 1. The Morgan fingerprint density at radius 1 is 0.879 bits per heavy atom. The molecular weight excluding hydrogens is 434 g/mol. The number of hydrogen-bond donors (Lipinski definition) is 1. The number of nitrogens with one attached hydrogen (secondary N) is 1. The molecule has 0 aliphatic heterocycles. The van der Waals surface area contributed by atoms with Gasteiger partial charge in [-0.25, -0.2) is 13.8 Å². The molecule has 3 rings (SSSR count). The van der Waals surface area contributed by atoms with Crippen molar-refractivity contribution in [1.29, 1.82) is 0 Å². The molecule has 0 saturated carbocycles. The first-order valence-corrected chi connectivity index (χ1v) is 12.1. The summed E-state index contributed by atoms with van der Waals surface area (Å²) in [6.07, 6.45) is 0. The SMILES string of the molecule is C/C(=N\NC(=O)c1ccccc1N(Cc1ccccc1)S(=O)(=O)c1ccccc1)C(C)(C)C. The van der Waals surface area contributed by atoms with E-state index in [1.165, 1.54) is 4.31 Å². The maximum absolute atomic E-state index is 13.7. The van der Waals surface area contributed by atoms with Crippen LogP contribution in [-0.4, -0.2) is 20.0 Å². The Hall–Kier alpha value is -3.45. The van der Waals surface area contributed by atoms with Gasteiger partial charge in [-0.05, 0) is 36.8 Å². The molecule has 6 nitrogen and oxygen atoms in total. The van der Waals surface area contributed by atoms with Gasteiger partial charge in [-0.3, -0.25) is 9.10 Å². The lowest BCUT2D eigenvalue weighted by Crippen LogP contribution is -2.33. The number of para-hydroxylation sites is 1. The molecule has 0 heterocycles. The molecule has 7 heteroatoms. The van der Waals surface area contributed by atoms with Crippen LogP contribution in [-0.2, 0) is 16.6 Å². The van der Waals surface area contributed by atoms with Crippen LogP contribution >= 0.6 is 0 Å². The predicted octanol–water partition coefficient (Wildman–Crippen LogP) is 5.23. The van der Waals surface area contributed by atoms with Crippen LogP contribution in [0.5, 0.6) is 0 Å². The van der Waals surface area contributed by atoms with Gasteiger partial charge in [0.05, 0.1) is 22.7 Å². The first kappa shape index (κ1) is 24.2. The van der Waals surface area contributed by atoms with Crippen molar-refractivity contribution in [2.75, 3.05) is 4.31 Å². The summed E-state index contributed by atoms with van der Waals surface area (Å²) in [4.78, 5) is 13.2. The number of benzene rings is 3. The maximum Gasteiger partial charge on any atom is 0.273 e. The van der Waals surface area contributed by atoms with Crippen LogP contribution in [0.2, 0.25) is 0 Å². The maximum atomic E-state index is 13.7. The highest BCUT2D eigenvalue weighted by Crippen LogP contribution is 2.29. The van der Waals surface area contributed by atoms with Gasteiger partial charge in [0, 0.05) is 11.1 Å². The van der Waals surface area contributed by atoms with Crippen molar-refractivity contribution in [3.05, 3.63) is 96.1 Å². The number of nitrogens with zero attached hydrogens (tertiary/aromatic N) is 2. The van der Waals surface area contributed by atoms with E-state index in [0.717, 1.165) is 11.3 Å². The molecule has 0 saturated heterocycles. The standard InChI is InChI=1S/C26H29N3O3S/c1-20(26(2,3)4)27-28-25(30)23-17-11-12-18-24(23)29(19-21-13-7-5-8-14-21)33(31,32)22-15-9-6-10-16-22/h5-18H,19H2,1-4H3,(H,28,30)/b27-20+. The molecule has 0 unspecified atom stereocenters. The summed E-state index contributed by atoms with van der Waals surface area (Å²) >= 11 is 0. The van der Waals surface area contributed by atoms with Gasteiger partial charge in [0.2, 0.25) is 0 Å². The minimum atomic E-state index is -3.95. The number of carbonyl (C=O) groups is 1. The van der Waals surface area contributed by atoms with Gasteiger partial charge >= 0.3 is 0 Å². The fourth-order valence-corrected chi connectivity index (χ4v) is 4.51. The Morgan fingerprint density at radius 3 is 2.03 bits per heavy atom. The van der Waals surface area contributed by atoms with Crippen LogP contribution in [0.4, 0.5) is 5.69 Å². The number of hydrogen-bond acceptors (Lipinski definition) is 4. The molecule has 3 aromatic carbocycles. The fourth-order valence-electron chi connectivity index (χ4n) is 3.01. The minimum Gasteiger partial charge on any atom is -0.267 e. The summed E-state index contributed by atoms with van der Waals surface area (Å²) in [6, 6.07) is 24.2. The molecule has 3 aromatic rings. The second-order valence-corrected chi connectivity index (χ2v) is 10.6. The quantitative estimate of drug-likeness (QED) is 0.385. The highest BCUT2D eigenvalue weighted by Gasteiger charge is 2.28. The topological polar surface area (TPSA) is 78.8 Å². The Kier molecular flexibility index (Phi) is 7.33. The van der Waals surface area contributed by atoms with E-state index in [2.05, 4.69) is 10.5 Å². The molecule has 0 aromatic heterocycles. The van der Waals surface area contributed by atoms with Gasteiger partial charge in [-0.2, -0.15) is 5.10 Å². The van der Waals surface area contributed by atoms with Crippen LogP contribution in [0, 0.1) is 5.41 Å². The van der Waals surface area contributed by atoms with Gasteiger partial charge < -0.3 is 0 Å². The van der Waals surface area contributed by atoms with E-state index in [1.54, 1.807) is 54.6 Å². The van der Waals surface area contributed by atoms with Crippen molar-refractivity contribution < 1.29 is 13.2 Å². The third-order valence-electron chi connectivity index (χ3n) is 5.33. The van der Waals surface area contributed by atoms with E-state index in [1.807, 2.05) is 58.0 Å². The zero-order valence-corrected chi connectivity index (χ0v) is 20.1. The smallest absolute Gasteiger partial charge is 0.267 e. The van der Waals surface area contributed by atoms with Crippen LogP contribution < -0.4 is 9.73 Å². The Bertz CT molecular complexity index is 1230. The van der Waals surface area contributed by atoms with E-state index in [-0.39, 0.29) is 28.1 Å². The zero-order valence-electron chi connectivity index (χ0n) is 19.3. The fraction of sp³-hybridized carbons (Fsp3) is 0.231. The van der Waals surface area contributed by atoms with Crippen LogP contribution in [0.3, 0.4) is 0 Å². The summed E-state index contributed by atoms with van der Waals surface area (Å²) in [7, 11) is -3.95. The third kappa shape index (κ3) is 5.87. The van der Waals surface area contributed by atoms with Gasteiger partial charge in [0.1, 0.15) is 0 Å². The molecular formula is C26H29N3O3S. The van der Waals surface area contributed by atoms with Gasteiger partial charge in [-0.15, -0.1) is 0 Å². The predicted molar refractivity (Wildman–Crippen MR) is 133 cm³/mol. The Labute approximate surface area is 196 Å². The van der Waals surface area contributed by atoms with Crippen LogP contribution in [0.25, 0.3) is 0 Å². The van der Waals surface area contributed by atoms with Crippen LogP contribution in [0.15, 0.2) is 94.9 Å². The summed E-state index contributed by atoms with van der Waals surface area (Å²) in [5, 5.41) is 4.23. The van der Waals surface area contributed by atoms with Crippen molar-refractivity contribution in [1.82, 2.24) is 5.43 Å². The average Bonchev–Trinajstić information content (AvgIpc) is 2.81. The van der Waals surface area contributed by atoms with Crippen molar-refractivity contribution >= 4 is 27.3 Å². The molecule has 1 amide bonds. The molecule has 0 spiro atoms. The van der Waals surface area contributed by atoms with E-state index >= 15 is 0 Å². The van der Waals surface area contributed by atoms with E-state index < -0.39 is 15.9 Å². The number of hydrazone groups is 1. The van der Waals surface area contributed by atoms with Gasteiger partial charge in [-0.1, -0.05) is 81.4 Å². The number of rotatable bonds is 7. The van der Waals surface area contributed by atoms with E-state index in [0.29, 0.717) is 0 Å². The van der Waals surface area contributed by atoms with Gasteiger partial charge in [0.15, 0.2) is 0 Å². The van der Waals surface area contributed by atoms with Gasteiger partial charge in [0.25, 0.3) is 15.9 Å². The number of anilines is 1. The lowest BCUT2D eigenvalue weighted by Gasteiger charge is -2.26. The molecule has 0 fully saturated rings. The van der Waals surface area contributed by atoms with Crippen molar-refractivity contribution in [3.63, 3.8) is 0 Å². The molecule has 0 radical (unpaired) electrons. The minimum absolute atomic E-state index is 0.0760. The van der Waals surface area contributed by atoms with Crippen molar-refractivity contribution in [2.24, 2.45) is 10.5 Å². The Balaban J connectivity index is 2.07.